The highest BCUT2D eigenvalue weighted by atomic mass is 16.3. The Morgan fingerprint density at radius 2 is 1.21 bits per heavy atom. The van der Waals surface area contributed by atoms with E-state index >= 15 is 0 Å². The highest BCUT2D eigenvalue weighted by molar-refractivity contribution is 5.34. The smallest absolute Gasteiger partial charge is 0.0991 e. The zero-order chi connectivity index (χ0) is 16.8. The minimum atomic E-state index is -0.989. The predicted octanol–water partition coefficient (Wildman–Crippen LogP) is 4.23. The number of hydrogen-bond donors (Lipinski definition) is 1. The average Bonchev–Trinajstić information content (AvgIpc) is 2.64. The lowest BCUT2D eigenvalue weighted by atomic mass is 9.82. The molecular formula is C22H19NO. The van der Waals surface area contributed by atoms with Crippen molar-refractivity contribution in [3.8, 4) is 6.07 Å². The summed E-state index contributed by atoms with van der Waals surface area (Å²) in [6.45, 7) is 0. The van der Waals surface area contributed by atoms with Crippen molar-refractivity contribution in [2.45, 2.75) is 18.4 Å². The van der Waals surface area contributed by atoms with Crippen LogP contribution in [0.15, 0.2) is 84.9 Å². The Morgan fingerprint density at radius 3 is 1.75 bits per heavy atom. The van der Waals surface area contributed by atoms with E-state index in [0.29, 0.717) is 18.4 Å². The predicted molar refractivity (Wildman–Crippen MR) is 95.3 cm³/mol. The molecule has 3 aromatic rings. The number of nitrogens with zero attached hydrogens (tertiary/aromatic N) is 1. The summed E-state index contributed by atoms with van der Waals surface area (Å²) in [6, 6.07) is 29.3. The molecule has 0 bridgehead atoms. The fraction of sp³-hybridized carbons (Fsp3) is 0.136. The van der Waals surface area contributed by atoms with Gasteiger partial charge in [0.2, 0.25) is 0 Å². The van der Waals surface area contributed by atoms with Gasteiger partial charge in [0.15, 0.2) is 0 Å². The maximum Gasteiger partial charge on any atom is 0.0991 e. The van der Waals surface area contributed by atoms with E-state index in [-0.39, 0.29) is 0 Å². The lowest BCUT2D eigenvalue weighted by Crippen LogP contribution is -2.31. The van der Waals surface area contributed by atoms with Crippen molar-refractivity contribution >= 4 is 0 Å². The Balaban J connectivity index is 1.93. The zero-order valence-electron chi connectivity index (χ0n) is 13.4. The van der Waals surface area contributed by atoms with Crippen molar-refractivity contribution < 1.29 is 5.11 Å². The second-order valence-electron chi connectivity index (χ2n) is 6.05. The minimum absolute atomic E-state index is 0.498. The number of rotatable bonds is 5. The van der Waals surface area contributed by atoms with Gasteiger partial charge in [0, 0.05) is 12.8 Å². The van der Waals surface area contributed by atoms with Gasteiger partial charge in [0.25, 0.3) is 0 Å². The molecular weight excluding hydrogens is 294 g/mol. The molecule has 0 aromatic heterocycles. The lowest BCUT2D eigenvalue weighted by molar-refractivity contribution is 0.0371. The molecule has 1 unspecified atom stereocenters. The van der Waals surface area contributed by atoms with E-state index in [9.17, 15) is 5.11 Å². The Kier molecular flexibility index (Phi) is 4.74. The van der Waals surface area contributed by atoms with E-state index in [1.807, 2.05) is 72.8 Å². The molecule has 1 N–H and O–H groups in total. The van der Waals surface area contributed by atoms with Crippen molar-refractivity contribution in [3.63, 3.8) is 0 Å². The molecule has 2 nitrogen and oxygen atoms in total. The van der Waals surface area contributed by atoms with Gasteiger partial charge in [-0.25, -0.2) is 0 Å². The van der Waals surface area contributed by atoms with Gasteiger partial charge in [-0.05, 0) is 28.8 Å². The van der Waals surface area contributed by atoms with Crippen LogP contribution < -0.4 is 0 Å². The fourth-order valence-electron chi connectivity index (χ4n) is 2.98. The van der Waals surface area contributed by atoms with Crippen LogP contribution in [-0.2, 0) is 18.4 Å². The van der Waals surface area contributed by atoms with Crippen molar-refractivity contribution in [1.82, 2.24) is 0 Å². The van der Waals surface area contributed by atoms with Gasteiger partial charge in [-0.2, -0.15) is 5.26 Å². The monoisotopic (exact) mass is 313 g/mol. The van der Waals surface area contributed by atoms with Crippen LogP contribution in [0.5, 0.6) is 0 Å². The summed E-state index contributed by atoms with van der Waals surface area (Å²) in [5, 5.41) is 20.4. The molecule has 0 saturated carbocycles. The number of hydrogen-bond acceptors (Lipinski definition) is 2. The molecule has 0 aliphatic heterocycles. The second-order valence-corrected chi connectivity index (χ2v) is 6.05. The maximum absolute atomic E-state index is 11.5. The van der Waals surface area contributed by atoms with Gasteiger partial charge < -0.3 is 5.11 Å². The third-order valence-electron chi connectivity index (χ3n) is 4.23. The van der Waals surface area contributed by atoms with Gasteiger partial charge >= 0.3 is 0 Å². The number of nitriles is 1. The third kappa shape index (κ3) is 3.71. The van der Waals surface area contributed by atoms with E-state index in [2.05, 4.69) is 6.07 Å². The van der Waals surface area contributed by atoms with Crippen LogP contribution in [0.25, 0.3) is 0 Å². The van der Waals surface area contributed by atoms with Gasteiger partial charge in [-0.15, -0.1) is 0 Å². The fourth-order valence-corrected chi connectivity index (χ4v) is 2.98. The van der Waals surface area contributed by atoms with E-state index in [0.717, 1.165) is 16.7 Å². The molecule has 0 heterocycles. The van der Waals surface area contributed by atoms with Crippen LogP contribution in [0.3, 0.4) is 0 Å². The Bertz CT molecular complexity index is 819. The van der Waals surface area contributed by atoms with Crippen LogP contribution >= 0.6 is 0 Å². The van der Waals surface area contributed by atoms with Gasteiger partial charge in [-0.3, -0.25) is 0 Å². The number of aliphatic hydroxyl groups is 1. The molecule has 0 spiro atoms. The summed E-state index contributed by atoms with van der Waals surface area (Å²) in [5.74, 6) is 0. The third-order valence-corrected chi connectivity index (χ3v) is 4.23. The van der Waals surface area contributed by atoms with Crippen LogP contribution in [0.2, 0.25) is 0 Å². The first kappa shape index (κ1) is 16.0. The van der Waals surface area contributed by atoms with E-state index in [1.54, 1.807) is 12.1 Å². The summed E-state index contributed by atoms with van der Waals surface area (Å²) < 4.78 is 0. The number of benzene rings is 3. The quantitative estimate of drug-likeness (QED) is 0.766. The molecule has 0 fully saturated rings. The molecule has 2 heteroatoms. The largest absolute Gasteiger partial charge is 0.384 e. The summed E-state index contributed by atoms with van der Waals surface area (Å²) in [7, 11) is 0. The Labute approximate surface area is 142 Å². The molecule has 24 heavy (non-hydrogen) atoms. The zero-order valence-corrected chi connectivity index (χ0v) is 13.4. The summed E-state index contributed by atoms with van der Waals surface area (Å²) >= 11 is 0. The van der Waals surface area contributed by atoms with E-state index < -0.39 is 5.60 Å². The maximum atomic E-state index is 11.5. The summed E-state index contributed by atoms with van der Waals surface area (Å²) in [4.78, 5) is 0. The van der Waals surface area contributed by atoms with Crippen LogP contribution in [0, 0.1) is 11.3 Å². The Hall–Kier alpha value is -2.89. The molecule has 0 radical (unpaired) electrons. The van der Waals surface area contributed by atoms with E-state index in [1.165, 1.54) is 0 Å². The first-order chi connectivity index (χ1) is 11.7. The lowest BCUT2D eigenvalue weighted by Gasteiger charge is -2.29. The molecule has 0 aliphatic rings. The van der Waals surface area contributed by atoms with Gasteiger partial charge in [-0.1, -0.05) is 72.8 Å². The SMILES string of the molecule is N#Cc1ccc(CC(O)(Cc2ccccc2)c2ccccc2)cc1. The van der Waals surface area contributed by atoms with Crippen molar-refractivity contribution in [2.75, 3.05) is 0 Å². The van der Waals surface area contributed by atoms with Gasteiger partial charge in [0.05, 0.1) is 17.2 Å². The van der Waals surface area contributed by atoms with Crippen LogP contribution in [-0.4, -0.2) is 5.11 Å². The molecule has 1 atom stereocenters. The van der Waals surface area contributed by atoms with Crippen LogP contribution in [0.1, 0.15) is 22.3 Å². The summed E-state index contributed by atoms with van der Waals surface area (Å²) in [5.41, 5.74) is 2.65. The molecule has 0 amide bonds. The molecule has 0 aliphatic carbocycles. The van der Waals surface area contributed by atoms with Crippen molar-refractivity contribution in [2.24, 2.45) is 0 Å². The molecule has 3 rings (SSSR count). The minimum Gasteiger partial charge on any atom is -0.384 e. The second kappa shape index (κ2) is 7.12. The highest BCUT2D eigenvalue weighted by Crippen LogP contribution is 2.30. The van der Waals surface area contributed by atoms with Crippen molar-refractivity contribution in [3.05, 3.63) is 107 Å². The highest BCUT2D eigenvalue weighted by Gasteiger charge is 2.29. The first-order valence-corrected chi connectivity index (χ1v) is 8.00. The van der Waals surface area contributed by atoms with Crippen molar-refractivity contribution in [1.29, 1.82) is 5.26 Å². The van der Waals surface area contributed by atoms with Crippen LogP contribution in [0.4, 0.5) is 0 Å². The topological polar surface area (TPSA) is 44.0 Å². The molecule has 3 aromatic carbocycles. The molecule has 0 saturated heterocycles. The molecule has 118 valence electrons. The Morgan fingerprint density at radius 1 is 0.708 bits per heavy atom. The normalized spacial score (nSPS) is 13.0. The summed E-state index contributed by atoms with van der Waals surface area (Å²) in [6.07, 6.45) is 1.04. The standard InChI is InChI=1S/C22H19NO/c23-17-20-13-11-19(12-14-20)16-22(24,21-9-5-2-6-10-21)15-18-7-3-1-4-8-18/h1-14,24H,15-16H2. The van der Waals surface area contributed by atoms with E-state index in [4.69, 9.17) is 5.26 Å². The van der Waals surface area contributed by atoms with Gasteiger partial charge in [0.1, 0.15) is 0 Å². The first-order valence-electron chi connectivity index (χ1n) is 8.00. The average molecular weight is 313 g/mol.